The summed E-state index contributed by atoms with van der Waals surface area (Å²) < 4.78 is 1.46. The number of aromatic nitrogens is 3. The second-order valence-corrected chi connectivity index (χ2v) is 8.14. The van der Waals surface area contributed by atoms with Crippen LogP contribution in [0.25, 0.3) is 4.96 Å². The molecule has 1 N–H and O–H groups in total. The normalized spacial score (nSPS) is 20.2. The van der Waals surface area contributed by atoms with Crippen LogP contribution in [0, 0.1) is 5.92 Å². The largest absolute Gasteiger partial charge is 0.356 e. The summed E-state index contributed by atoms with van der Waals surface area (Å²) in [7, 11) is 0. The molecule has 2 aromatic rings. The lowest BCUT2D eigenvalue weighted by molar-refractivity contribution is -0.125. The molecule has 8 heteroatoms. The molecule has 26 heavy (non-hydrogen) atoms. The van der Waals surface area contributed by atoms with Crippen molar-refractivity contribution in [2.75, 3.05) is 24.5 Å². The van der Waals surface area contributed by atoms with Crippen LogP contribution in [0.15, 0.2) is 4.79 Å². The molecule has 140 valence electrons. The monoisotopic (exact) mass is 375 g/mol. The van der Waals surface area contributed by atoms with Crippen molar-refractivity contribution in [1.82, 2.24) is 19.9 Å². The van der Waals surface area contributed by atoms with Gasteiger partial charge in [0.05, 0.1) is 11.6 Å². The first-order valence-electron chi connectivity index (χ1n) is 9.61. The van der Waals surface area contributed by atoms with Crippen molar-refractivity contribution in [1.29, 1.82) is 0 Å². The Balaban J connectivity index is 1.59. The fraction of sp³-hybridized carbons (Fsp3) is 0.667. The van der Waals surface area contributed by atoms with Crippen molar-refractivity contribution in [2.24, 2.45) is 5.92 Å². The number of hydrogen-bond donors (Lipinski definition) is 1. The van der Waals surface area contributed by atoms with Gasteiger partial charge in [0.25, 0.3) is 5.56 Å². The summed E-state index contributed by atoms with van der Waals surface area (Å²) in [6, 6.07) is 0. The number of nitrogens with zero attached hydrogens (tertiary/aromatic N) is 4. The molecule has 0 aromatic carbocycles. The number of carbonyl (C=O) groups excluding carboxylic acids is 1. The molecule has 1 atom stereocenters. The Morgan fingerprint density at radius 3 is 3.00 bits per heavy atom. The van der Waals surface area contributed by atoms with Crippen LogP contribution >= 0.6 is 11.3 Å². The standard InChI is InChI=1S/C18H25N5O2S/c1-2-9-19-15(24)12-6-5-10-22(11-12)18-21-23-16(25)13-7-3-4-8-14(13)20-17(23)26-18/h12H,2-11H2,1H3,(H,19,24)/t12-/m1/s1. The Labute approximate surface area is 156 Å². The first kappa shape index (κ1) is 17.5. The Morgan fingerprint density at radius 1 is 1.31 bits per heavy atom. The van der Waals surface area contributed by atoms with Gasteiger partial charge in [-0.05, 0) is 44.9 Å². The van der Waals surface area contributed by atoms with E-state index in [2.05, 4.69) is 22.2 Å². The van der Waals surface area contributed by atoms with Crippen molar-refractivity contribution in [3.05, 3.63) is 21.6 Å². The summed E-state index contributed by atoms with van der Waals surface area (Å²) in [6.45, 7) is 4.30. The van der Waals surface area contributed by atoms with Crippen molar-refractivity contribution in [3.63, 3.8) is 0 Å². The molecule has 0 radical (unpaired) electrons. The van der Waals surface area contributed by atoms with Crippen molar-refractivity contribution in [3.8, 4) is 0 Å². The molecule has 1 aliphatic carbocycles. The molecule has 0 unspecified atom stereocenters. The highest BCUT2D eigenvalue weighted by Gasteiger charge is 2.28. The third-order valence-electron chi connectivity index (χ3n) is 5.28. The SMILES string of the molecule is CCCNC(=O)[C@@H]1CCCN(c2nn3c(=O)c4c(nc3s2)CCCC4)C1. The number of piperidine rings is 1. The minimum Gasteiger partial charge on any atom is -0.356 e. The van der Waals surface area contributed by atoms with Crippen molar-refractivity contribution < 1.29 is 4.79 Å². The molecule has 1 amide bonds. The highest BCUT2D eigenvalue weighted by molar-refractivity contribution is 7.20. The van der Waals surface area contributed by atoms with Gasteiger partial charge in [0, 0.05) is 25.2 Å². The minimum atomic E-state index is -0.0137. The van der Waals surface area contributed by atoms with E-state index in [1.165, 1.54) is 15.9 Å². The average Bonchev–Trinajstić information content (AvgIpc) is 3.11. The van der Waals surface area contributed by atoms with Crippen LogP contribution in [0.3, 0.4) is 0 Å². The highest BCUT2D eigenvalue weighted by atomic mass is 32.1. The number of fused-ring (bicyclic) bond motifs is 2. The average molecular weight is 375 g/mol. The van der Waals surface area contributed by atoms with Crippen LogP contribution in [-0.2, 0) is 17.6 Å². The van der Waals surface area contributed by atoms with Gasteiger partial charge in [-0.3, -0.25) is 9.59 Å². The Morgan fingerprint density at radius 2 is 2.15 bits per heavy atom. The molecule has 4 rings (SSSR count). The maximum absolute atomic E-state index is 12.7. The number of rotatable bonds is 4. The molecular weight excluding hydrogens is 350 g/mol. The van der Waals surface area contributed by atoms with Crippen LogP contribution in [0.2, 0.25) is 0 Å². The smallest absolute Gasteiger partial charge is 0.278 e. The number of carbonyl (C=O) groups is 1. The van der Waals surface area contributed by atoms with Gasteiger partial charge in [-0.25, -0.2) is 4.98 Å². The zero-order valence-electron chi connectivity index (χ0n) is 15.2. The van der Waals surface area contributed by atoms with Gasteiger partial charge >= 0.3 is 0 Å². The molecule has 3 heterocycles. The van der Waals surface area contributed by atoms with E-state index in [0.29, 0.717) is 11.5 Å². The Bertz CT molecular complexity index is 874. The second kappa shape index (κ2) is 7.34. The van der Waals surface area contributed by atoms with E-state index in [4.69, 9.17) is 4.98 Å². The fourth-order valence-electron chi connectivity index (χ4n) is 3.85. The molecule has 2 aliphatic rings. The second-order valence-electron chi connectivity index (χ2n) is 7.20. The van der Waals surface area contributed by atoms with Gasteiger partial charge in [0.2, 0.25) is 16.0 Å². The molecule has 1 aliphatic heterocycles. The minimum absolute atomic E-state index is 0.0125. The topological polar surface area (TPSA) is 79.6 Å². The van der Waals surface area contributed by atoms with E-state index in [-0.39, 0.29) is 17.4 Å². The van der Waals surface area contributed by atoms with E-state index in [1.54, 1.807) is 0 Å². The number of hydrogen-bond acceptors (Lipinski definition) is 6. The first-order chi connectivity index (χ1) is 12.7. The van der Waals surface area contributed by atoms with Crippen molar-refractivity contribution in [2.45, 2.75) is 51.9 Å². The Kier molecular flexibility index (Phi) is 4.93. The lowest BCUT2D eigenvalue weighted by Gasteiger charge is -2.31. The maximum atomic E-state index is 12.7. The predicted molar refractivity (Wildman–Crippen MR) is 102 cm³/mol. The number of amides is 1. The summed E-state index contributed by atoms with van der Waals surface area (Å²) in [6.07, 6.45) is 6.65. The highest BCUT2D eigenvalue weighted by Crippen LogP contribution is 2.28. The lowest BCUT2D eigenvalue weighted by Crippen LogP contribution is -2.43. The van der Waals surface area contributed by atoms with Gasteiger partial charge in [0.1, 0.15) is 0 Å². The number of anilines is 1. The molecule has 1 saturated heterocycles. The summed E-state index contributed by atoms with van der Waals surface area (Å²) >= 11 is 1.46. The summed E-state index contributed by atoms with van der Waals surface area (Å²) in [5.41, 5.74) is 1.77. The van der Waals surface area contributed by atoms with Crippen LogP contribution in [0.5, 0.6) is 0 Å². The maximum Gasteiger partial charge on any atom is 0.278 e. The molecule has 0 bridgehead atoms. The van der Waals surface area contributed by atoms with Gasteiger partial charge in [-0.2, -0.15) is 4.52 Å². The van der Waals surface area contributed by atoms with Crippen LogP contribution in [0.4, 0.5) is 5.13 Å². The zero-order valence-corrected chi connectivity index (χ0v) is 16.0. The van der Waals surface area contributed by atoms with Crippen LogP contribution < -0.4 is 15.8 Å². The summed E-state index contributed by atoms with van der Waals surface area (Å²) in [5.74, 6) is 0.114. The van der Waals surface area contributed by atoms with E-state index in [9.17, 15) is 9.59 Å². The third kappa shape index (κ3) is 3.22. The first-order valence-corrected chi connectivity index (χ1v) is 10.4. The van der Waals surface area contributed by atoms with Gasteiger partial charge < -0.3 is 10.2 Å². The molecule has 7 nitrogen and oxygen atoms in total. The van der Waals surface area contributed by atoms with Crippen LogP contribution in [-0.4, -0.2) is 40.1 Å². The predicted octanol–water partition coefficient (Wildman–Crippen LogP) is 1.77. The fourth-order valence-corrected chi connectivity index (χ4v) is 4.79. The van der Waals surface area contributed by atoms with Gasteiger partial charge in [-0.1, -0.05) is 18.3 Å². The molecular formula is C18H25N5O2S. The van der Waals surface area contributed by atoms with E-state index >= 15 is 0 Å². The van der Waals surface area contributed by atoms with Gasteiger partial charge in [-0.15, -0.1) is 5.10 Å². The molecule has 2 aromatic heterocycles. The van der Waals surface area contributed by atoms with E-state index in [0.717, 1.165) is 74.4 Å². The lowest BCUT2D eigenvalue weighted by atomic mass is 9.97. The van der Waals surface area contributed by atoms with Gasteiger partial charge in [0.15, 0.2) is 0 Å². The quantitative estimate of drug-likeness (QED) is 0.881. The number of aryl methyl sites for hydroxylation is 1. The van der Waals surface area contributed by atoms with E-state index in [1.807, 2.05) is 0 Å². The van der Waals surface area contributed by atoms with E-state index < -0.39 is 0 Å². The Hall–Kier alpha value is -1.96. The third-order valence-corrected chi connectivity index (χ3v) is 6.25. The van der Waals surface area contributed by atoms with Crippen LogP contribution in [0.1, 0.15) is 50.3 Å². The molecule has 0 spiro atoms. The van der Waals surface area contributed by atoms with Crippen molar-refractivity contribution >= 4 is 27.3 Å². The molecule has 0 saturated carbocycles. The molecule has 1 fully saturated rings. The number of nitrogens with one attached hydrogen (secondary N) is 1. The summed E-state index contributed by atoms with van der Waals surface area (Å²) in [5, 5.41) is 8.35. The zero-order chi connectivity index (χ0) is 18.1. The summed E-state index contributed by atoms with van der Waals surface area (Å²) in [4.78, 5) is 32.6.